The van der Waals surface area contributed by atoms with Crippen LogP contribution in [0.2, 0.25) is 0 Å². The summed E-state index contributed by atoms with van der Waals surface area (Å²) in [6.45, 7) is 5.25. The molecule has 1 aliphatic heterocycles. The highest BCUT2D eigenvalue weighted by Gasteiger charge is 2.11. The number of benzene rings is 1. The molecule has 0 bridgehead atoms. The molecule has 5 nitrogen and oxygen atoms in total. The Labute approximate surface area is 136 Å². The number of carbonyl (C=O) groups is 1. The van der Waals surface area contributed by atoms with E-state index in [1.807, 2.05) is 32.2 Å². The molecule has 2 aromatic rings. The van der Waals surface area contributed by atoms with Crippen LogP contribution >= 0.6 is 0 Å². The van der Waals surface area contributed by atoms with Crippen molar-refractivity contribution >= 4 is 17.5 Å². The number of hydrogen-bond acceptors (Lipinski definition) is 4. The van der Waals surface area contributed by atoms with E-state index in [-0.39, 0.29) is 5.78 Å². The summed E-state index contributed by atoms with van der Waals surface area (Å²) < 4.78 is 7.03. The Morgan fingerprint density at radius 1 is 1.22 bits per heavy atom. The van der Waals surface area contributed by atoms with E-state index in [0.717, 1.165) is 37.6 Å². The van der Waals surface area contributed by atoms with E-state index in [9.17, 15) is 4.79 Å². The Morgan fingerprint density at radius 3 is 2.52 bits per heavy atom. The van der Waals surface area contributed by atoms with Crippen LogP contribution in [-0.2, 0) is 11.8 Å². The molecule has 2 heterocycles. The molecule has 1 fully saturated rings. The summed E-state index contributed by atoms with van der Waals surface area (Å²) in [4.78, 5) is 14.5. The van der Waals surface area contributed by atoms with Gasteiger partial charge in [0.1, 0.15) is 0 Å². The third-order valence-corrected chi connectivity index (χ3v) is 3.98. The van der Waals surface area contributed by atoms with Crippen LogP contribution in [0, 0.1) is 6.92 Å². The number of allylic oxidation sites excluding steroid dienone is 1. The number of morpholine rings is 1. The van der Waals surface area contributed by atoms with Crippen LogP contribution < -0.4 is 4.90 Å². The molecule has 0 saturated carbocycles. The molecule has 1 aliphatic rings. The van der Waals surface area contributed by atoms with E-state index in [0.29, 0.717) is 5.56 Å². The maximum atomic E-state index is 12.2. The minimum Gasteiger partial charge on any atom is -0.378 e. The van der Waals surface area contributed by atoms with Crippen LogP contribution in [0.4, 0.5) is 5.69 Å². The molecule has 0 N–H and O–H groups in total. The molecule has 0 spiro atoms. The lowest BCUT2D eigenvalue weighted by Gasteiger charge is -2.28. The van der Waals surface area contributed by atoms with E-state index in [1.165, 1.54) is 5.69 Å². The van der Waals surface area contributed by atoms with Crippen molar-refractivity contribution < 1.29 is 9.53 Å². The molecule has 3 rings (SSSR count). The first-order valence-electron chi connectivity index (χ1n) is 7.79. The first kappa shape index (κ1) is 15.5. The van der Waals surface area contributed by atoms with Crippen LogP contribution in [0.5, 0.6) is 0 Å². The number of aromatic nitrogens is 2. The van der Waals surface area contributed by atoms with E-state index in [4.69, 9.17) is 4.74 Å². The fourth-order valence-electron chi connectivity index (χ4n) is 2.72. The number of nitrogens with zero attached hydrogens (tertiary/aromatic N) is 3. The Balaban J connectivity index is 1.67. The van der Waals surface area contributed by atoms with Gasteiger partial charge in [-0.3, -0.25) is 9.48 Å². The molecule has 5 heteroatoms. The molecule has 0 amide bonds. The largest absolute Gasteiger partial charge is 0.378 e. The second-order valence-electron chi connectivity index (χ2n) is 5.69. The summed E-state index contributed by atoms with van der Waals surface area (Å²) in [6.07, 6.45) is 5.20. The first-order chi connectivity index (χ1) is 11.1. The molecule has 23 heavy (non-hydrogen) atoms. The first-order valence-corrected chi connectivity index (χ1v) is 7.79. The van der Waals surface area contributed by atoms with Gasteiger partial charge in [-0.15, -0.1) is 0 Å². The van der Waals surface area contributed by atoms with Gasteiger partial charge < -0.3 is 9.64 Å². The molecule has 0 radical (unpaired) electrons. The summed E-state index contributed by atoms with van der Waals surface area (Å²) in [6, 6.07) is 8.24. The maximum absolute atomic E-state index is 12.2. The lowest BCUT2D eigenvalue weighted by molar-refractivity contribution is 0.104. The highest BCUT2D eigenvalue weighted by atomic mass is 16.5. The summed E-state index contributed by atoms with van der Waals surface area (Å²) >= 11 is 0. The van der Waals surface area contributed by atoms with Gasteiger partial charge >= 0.3 is 0 Å². The normalized spacial score (nSPS) is 15.3. The lowest BCUT2D eigenvalue weighted by Crippen LogP contribution is -2.36. The summed E-state index contributed by atoms with van der Waals surface area (Å²) in [7, 11) is 1.82. The van der Waals surface area contributed by atoms with Crippen molar-refractivity contribution in [3.63, 3.8) is 0 Å². The van der Waals surface area contributed by atoms with E-state index >= 15 is 0 Å². The van der Waals surface area contributed by atoms with Gasteiger partial charge in [0.15, 0.2) is 5.78 Å². The molecule has 0 unspecified atom stereocenters. The minimum atomic E-state index is -0.0205. The van der Waals surface area contributed by atoms with E-state index in [1.54, 1.807) is 17.0 Å². The fraction of sp³-hybridized carbons (Fsp3) is 0.333. The Kier molecular flexibility index (Phi) is 4.57. The number of aryl methyl sites for hydroxylation is 2. The van der Waals surface area contributed by atoms with Crippen LogP contribution in [0.3, 0.4) is 0 Å². The van der Waals surface area contributed by atoms with Crippen molar-refractivity contribution in [2.24, 2.45) is 7.05 Å². The van der Waals surface area contributed by atoms with Crippen molar-refractivity contribution in [3.8, 4) is 0 Å². The van der Waals surface area contributed by atoms with Crippen molar-refractivity contribution in [3.05, 3.63) is 53.4 Å². The number of carbonyl (C=O) groups excluding carboxylic acids is 1. The van der Waals surface area contributed by atoms with E-state index in [2.05, 4.69) is 22.1 Å². The topological polar surface area (TPSA) is 47.4 Å². The molecule has 1 aromatic heterocycles. The van der Waals surface area contributed by atoms with Gasteiger partial charge in [0.25, 0.3) is 0 Å². The third kappa shape index (κ3) is 3.68. The van der Waals surface area contributed by atoms with Crippen molar-refractivity contribution in [1.29, 1.82) is 0 Å². The average molecular weight is 311 g/mol. The summed E-state index contributed by atoms with van der Waals surface area (Å²) in [5.74, 6) is -0.0205. The van der Waals surface area contributed by atoms with Crippen molar-refractivity contribution in [2.45, 2.75) is 6.92 Å². The van der Waals surface area contributed by atoms with Crippen molar-refractivity contribution in [2.75, 3.05) is 31.2 Å². The molecule has 1 saturated heterocycles. The monoisotopic (exact) mass is 311 g/mol. The van der Waals surface area contributed by atoms with Crippen LogP contribution in [-0.4, -0.2) is 41.9 Å². The number of ether oxygens (including phenoxy) is 1. The Bertz CT molecular complexity index is 710. The SMILES string of the molecule is Cc1nn(C)cc1C(=O)C=Cc1ccc(N2CCOCC2)cc1. The predicted octanol–water partition coefficient (Wildman–Crippen LogP) is 2.46. The van der Waals surface area contributed by atoms with Gasteiger partial charge in [-0.1, -0.05) is 18.2 Å². The molecule has 0 aliphatic carbocycles. The highest BCUT2D eigenvalue weighted by molar-refractivity contribution is 6.07. The van der Waals surface area contributed by atoms with Crippen LogP contribution in [0.25, 0.3) is 6.08 Å². The highest BCUT2D eigenvalue weighted by Crippen LogP contribution is 2.17. The average Bonchev–Trinajstić information content (AvgIpc) is 2.92. The molecule has 1 aromatic carbocycles. The second-order valence-corrected chi connectivity index (χ2v) is 5.69. The van der Waals surface area contributed by atoms with Crippen LogP contribution in [0.1, 0.15) is 21.6 Å². The minimum absolute atomic E-state index is 0.0205. The van der Waals surface area contributed by atoms with Gasteiger partial charge in [0.05, 0.1) is 24.5 Å². The number of anilines is 1. The van der Waals surface area contributed by atoms with Gasteiger partial charge in [-0.05, 0) is 30.7 Å². The predicted molar refractivity (Wildman–Crippen MR) is 90.8 cm³/mol. The number of rotatable bonds is 4. The summed E-state index contributed by atoms with van der Waals surface area (Å²) in [5, 5.41) is 4.20. The molecule has 0 atom stereocenters. The zero-order valence-corrected chi connectivity index (χ0v) is 13.5. The number of hydrogen-bond donors (Lipinski definition) is 0. The maximum Gasteiger partial charge on any atom is 0.189 e. The zero-order chi connectivity index (χ0) is 16.2. The van der Waals surface area contributed by atoms with Gasteiger partial charge in [0.2, 0.25) is 0 Å². The Morgan fingerprint density at radius 2 is 1.91 bits per heavy atom. The number of ketones is 1. The molecular weight excluding hydrogens is 290 g/mol. The van der Waals surface area contributed by atoms with E-state index < -0.39 is 0 Å². The van der Waals surface area contributed by atoms with Gasteiger partial charge in [-0.2, -0.15) is 5.10 Å². The second kappa shape index (κ2) is 6.79. The van der Waals surface area contributed by atoms with Gasteiger partial charge in [-0.25, -0.2) is 0 Å². The molecule has 120 valence electrons. The molecular formula is C18H21N3O2. The smallest absolute Gasteiger partial charge is 0.189 e. The van der Waals surface area contributed by atoms with Crippen molar-refractivity contribution in [1.82, 2.24) is 9.78 Å². The van der Waals surface area contributed by atoms with Gasteiger partial charge in [0, 0.05) is 32.0 Å². The third-order valence-electron chi connectivity index (χ3n) is 3.98. The standard InChI is InChI=1S/C18H21N3O2/c1-14-17(13-20(2)19-14)18(22)8-5-15-3-6-16(7-4-15)21-9-11-23-12-10-21/h3-8,13H,9-12H2,1-2H3. The van der Waals surface area contributed by atoms with Crippen LogP contribution in [0.15, 0.2) is 36.5 Å². The zero-order valence-electron chi connectivity index (χ0n) is 13.5. The lowest BCUT2D eigenvalue weighted by atomic mass is 10.1. The Hall–Kier alpha value is -2.40. The fourth-order valence-corrected chi connectivity index (χ4v) is 2.72. The quantitative estimate of drug-likeness (QED) is 0.643. The summed E-state index contributed by atoms with van der Waals surface area (Å²) in [5.41, 5.74) is 3.61.